The van der Waals surface area contributed by atoms with Crippen LogP contribution in [0.3, 0.4) is 0 Å². The molecular weight excluding hydrogens is 236 g/mol. The van der Waals surface area contributed by atoms with Crippen LogP contribution in [-0.4, -0.2) is 42.1 Å². The largest absolute Gasteiger partial charge is 0.353 e. The molecule has 19 heavy (non-hydrogen) atoms. The topological polar surface area (TPSA) is 45.4 Å². The quantitative estimate of drug-likeness (QED) is 0.899. The van der Waals surface area contributed by atoms with E-state index in [1.165, 1.54) is 5.56 Å². The predicted octanol–water partition coefficient (Wildman–Crippen LogP) is 1.63. The van der Waals surface area contributed by atoms with Gasteiger partial charge in [-0.2, -0.15) is 0 Å². The van der Waals surface area contributed by atoms with Crippen LogP contribution in [0.1, 0.15) is 32.0 Å². The van der Waals surface area contributed by atoms with Crippen LogP contribution >= 0.6 is 0 Å². The van der Waals surface area contributed by atoms with Crippen LogP contribution < -0.4 is 10.6 Å². The zero-order chi connectivity index (χ0) is 14.0. The monoisotopic (exact) mass is 262 g/mol. The van der Waals surface area contributed by atoms with E-state index in [0.717, 1.165) is 37.6 Å². The van der Waals surface area contributed by atoms with Gasteiger partial charge in [-0.1, -0.05) is 6.92 Å². The summed E-state index contributed by atoms with van der Waals surface area (Å²) in [5, 5.41) is 0. The second kappa shape index (κ2) is 5.47. The minimum atomic E-state index is 0.186. The van der Waals surface area contributed by atoms with Gasteiger partial charge in [0.05, 0.1) is 0 Å². The molecule has 1 saturated heterocycles. The summed E-state index contributed by atoms with van der Waals surface area (Å²) in [6.45, 7) is 10.4. The second-order valence-electron chi connectivity index (χ2n) is 6.04. The summed E-state index contributed by atoms with van der Waals surface area (Å²) in [5.74, 6) is 1.08. The molecule has 2 heterocycles. The summed E-state index contributed by atoms with van der Waals surface area (Å²) < 4.78 is 0. The number of rotatable bonds is 3. The van der Waals surface area contributed by atoms with Gasteiger partial charge in [0.15, 0.2) is 0 Å². The third kappa shape index (κ3) is 3.07. The Morgan fingerprint density at radius 1 is 1.32 bits per heavy atom. The molecule has 1 fully saturated rings. The van der Waals surface area contributed by atoms with Gasteiger partial charge >= 0.3 is 0 Å². The van der Waals surface area contributed by atoms with Gasteiger partial charge in [-0.3, -0.25) is 4.90 Å². The van der Waals surface area contributed by atoms with Crippen molar-refractivity contribution >= 4 is 5.82 Å². The van der Waals surface area contributed by atoms with E-state index in [0.29, 0.717) is 6.54 Å². The zero-order valence-corrected chi connectivity index (χ0v) is 12.6. The molecule has 0 bridgehead atoms. The van der Waals surface area contributed by atoms with Gasteiger partial charge in [-0.15, -0.1) is 0 Å². The first kappa shape index (κ1) is 14.3. The van der Waals surface area contributed by atoms with Crippen molar-refractivity contribution in [1.29, 1.82) is 0 Å². The fraction of sp³-hybridized carbons (Fsp3) is 0.667. The van der Waals surface area contributed by atoms with Crippen LogP contribution in [0.15, 0.2) is 12.1 Å². The number of likely N-dealkylation sites (N-methyl/N-ethyl adjacent to an activating group) is 1. The third-order valence-electron chi connectivity index (χ3n) is 4.16. The van der Waals surface area contributed by atoms with E-state index < -0.39 is 0 Å². The Balaban J connectivity index is 2.26. The van der Waals surface area contributed by atoms with E-state index in [9.17, 15) is 0 Å². The van der Waals surface area contributed by atoms with E-state index in [2.05, 4.69) is 49.8 Å². The molecule has 106 valence electrons. The molecule has 0 spiro atoms. The normalized spacial score (nSPS) is 19.7. The van der Waals surface area contributed by atoms with Crippen molar-refractivity contribution in [3.63, 3.8) is 0 Å². The van der Waals surface area contributed by atoms with Crippen LogP contribution in [-0.2, 0) is 13.0 Å². The standard InChI is InChI=1S/C15H26N4/c1-5-13-8-12(10-16)9-14(17-13)19-7-6-18(4)15(2,3)11-19/h8-9H,5-7,10-11,16H2,1-4H3. The van der Waals surface area contributed by atoms with Gasteiger partial charge in [0.2, 0.25) is 0 Å². The van der Waals surface area contributed by atoms with Crippen molar-refractivity contribution in [2.75, 3.05) is 31.6 Å². The maximum Gasteiger partial charge on any atom is 0.129 e. The van der Waals surface area contributed by atoms with Crippen LogP contribution in [0.4, 0.5) is 5.82 Å². The summed E-state index contributed by atoms with van der Waals surface area (Å²) in [6, 6.07) is 4.26. The second-order valence-corrected chi connectivity index (χ2v) is 6.04. The first-order chi connectivity index (χ1) is 8.96. The highest BCUT2D eigenvalue weighted by atomic mass is 15.3. The first-order valence-corrected chi connectivity index (χ1v) is 7.12. The average molecular weight is 262 g/mol. The number of aromatic nitrogens is 1. The highest BCUT2D eigenvalue weighted by molar-refractivity contribution is 5.44. The fourth-order valence-electron chi connectivity index (χ4n) is 2.53. The average Bonchev–Trinajstić information content (AvgIpc) is 2.41. The summed E-state index contributed by atoms with van der Waals surface area (Å²) in [6.07, 6.45) is 0.956. The summed E-state index contributed by atoms with van der Waals surface area (Å²) in [7, 11) is 2.19. The van der Waals surface area contributed by atoms with Crippen molar-refractivity contribution in [3.05, 3.63) is 23.4 Å². The Kier molecular flexibility index (Phi) is 4.11. The molecule has 0 saturated carbocycles. The Hall–Kier alpha value is -1.13. The molecular formula is C15H26N4. The number of hydrogen-bond acceptors (Lipinski definition) is 4. The fourth-order valence-corrected chi connectivity index (χ4v) is 2.53. The first-order valence-electron chi connectivity index (χ1n) is 7.12. The lowest BCUT2D eigenvalue weighted by molar-refractivity contribution is 0.138. The van der Waals surface area contributed by atoms with E-state index in [4.69, 9.17) is 10.7 Å². The van der Waals surface area contributed by atoms with Gasteiger partial charge in [0.1, 0.15) is 5.82 Å². The lowest BCUT2D eigenvalue weighted by atomic mass is 9.99. The Morgan fingerprint density at radius 2 is 2.05 bits per heavy atom. The number of piperazine rings is 1. The molecule has 0 atom stereocenters. The Labute approximate surface area is 116 Å². The number of nitrogens with zero attached hydrogens (tertiary/aromatic N) is 3. The van der Waals surface area contributed by atoms with E-state index in [1.54, 1.807) is 0 Å². The van der Waals surface area contributed by atoms with Crippen molar-refractivity contribution in [1.82, 2.24) is 9.88 Å². The highest BCUT2D eigenvalue weighted by Gasteiger charge is 2.31. The SMILES string of the molecule is CCc1cc(CN)cc(N2CCN(C)C(C)(C)C2)n1. The van der Waals surface area contributed by atoms with Gasteiger partial charge in [0.25, 0.3) is 0 Å². The number of aryl methyl sites for hydroxylation is 1. The minimum Gasteiger partial charge on any atom is -0.353 e. The van der Waals surface area contributed by atoms with Crippen molar-refractivity contribution in [3.8, 4) is 0 Å². The van der Waals surface area contributed by atoms with Crippen LogP contribution in [0.5, 0.6) is 0 Å². The molecule has 0 aliphatic carbocycles. The maximum absolute atomic E-state index is 5.79. The van der Waals surface area contributed by atoms with Crippen LogP contribution in [0, 0.1) is 0 Å². The smallest absolute Gasteiger partial charge is 0.129 e. The van der Waals surface area contributed by atoms with E-state index in [1.807, 2.05) is 0 Å². The molecule has 4 nitrogen and oxygen atoms in total. The molecule has 0 radical (unpaired) electrons. The predicted molar refractivity (Wildman–Crippen MR) is 80.4 cm³/mol. The molecule has 4 heteroatoms. The van der Waals surface area contributed by atoms with Gasteiger partial charge in [-0.25, -0.2) is 4.98 Å². The van der Waals surface area contributed by atoms with E-state index in [-0.39, 0.29) is 5.54 Å². The number of pyridine rings is 1. The van der Waals surface area contributed by atoms with Gasteiger partial charge in [0, 0.05) is 37.4 Å². The zero-order valence-electron chi connectivity index (χ0n) is 12.6. The number of anilines is 1. The van der Waals surface area contributed by atoms with Crippen molar-refractivity contribution in [2.45, 2.75) is 39.3 Å². The Bertz CT molecular complexity index is 420. The minimum absolute atomic E-state index is 0.186. The number of hydrogen-bond donors (Lipinski definition) is 1. The molecule has 1 aromatic rings. The molecule has 0 unspecified atom stereocenters. The molecule has 1 aromatic heterocycles. The molecule has 0 aromatic carbocycles. The maximum atomic E-state index is 5.79. The molecule has 2 rings (SSSR count). The van der Waals surface area contributed by atoms with Gasteiger partial charge < -0.3 is 10.6 Å². The highest BCUT2D eigenvalue weighted by Crippen LogP contribution is 2.24. The Morgan fingerprint density at radius 3 is 2.63 bits per heavy atom. The summed E-state index contributed by atoms with van der Waals surface area (Å²) in [5.41, 5.74) is 8.29. The molecule has 1 aliphatic heterocycles. The van der Waals surface area contributed by atoms with Crippen molar-refractivity contribution in [2.24, 2.45) is 5.73 Å². The summed E-state index contributed by atoms with van der Waals surface area (Å²) in [4.78, 5) is 9.57. The summed E-state index contributed by atoms with van der Waals surface area (Å²) >= 11 is 0. The molecule has 2 N–H and O–H groups in total. The lowest BCUT2D eigenvalue weighted by Gasteiger charge is -2.45. The van der Waals surface area contributed by atoms with Crippen molar-refractivity contribution < 1.29 is 0 Å². The van der Waals surface area contributed by atoms with Gasteiger partial charge in [-0.05, 0) is 45.0 Å². The van der Waals surface area contributed by atoms with Crippen LogP contribution in [0.2, 0.25) is 0 Å². The number of nitrogens with two attached hydrogens (primary N) is 1. The lowest BCUT2D eigenvalue weighted by Crippen LogP contribution is -2.57. The van der Waals surface area contributed by atoms with Crippen LogP contribution in [0.25, 0.3) is 0 Å². The molecule has 1 aliphatic rings. The third-order valence-corrected chi connectivity index (χ3v) is 4.16. The van der Waals surface area contributed by atoms with E-state index >= 15 is 0 Å². The molecule has 0 amide bonds.